The highest BCUT2D eigenvalue weighted by Gasteiger charge is 2.12. The van der Waals surface area contributed by atoms with Crippen molar-refractivity contribution < 1.29 is 24.0 Å². The topological polar surface area (TPSA) is 134 Å². The predicted octanol–water partition coefficient (Wildman–Crippen LogP) is -1.44. The van der Waals surface area contributed by atoms with Gasteiger partial charge in [0, 0.05) is 9.19 Å². The van der Waals surface area contributed by atoms with E-state index in [1.807, 2.05) is 0 Å². The van der Waals surface area contributed by atoms with Crippen molar-refractivity contribution in [2.45, 2.75) is 0 Å². The Bertz CT molecular complexity index is 216. The van der Waals surface area contributed by atoms with Gasteiger partial charge in [-0.2, -0.15) is 5.48 Å². The monoisotopic (exact) mass is 196 g/mol. The number of carboxylic acids is 1. The minimum absolute atomic E-state index is 0.380. The lowest BCUT2D eigenvalue weighted by Gasteiger charge is -1.93. The number of aliphatic carboxylic acids is 1. The zero-order chi connectivity index (χ0) is 9.56. The van der Waals surface area contributed by atoms with Crippen LogP contribution in [-0.4, -0.2) is 28.5 Å². The van der Waals surface area contributed by atoms with Gasteiger partial charge in [-0.05, 0) is 0 Å². The van der Waals surface area contributed by atoms with E-state index >= 15 is 0 Å². The molecule has 0 heterocycles. The third-order valence-corrected chi connectivity index (χ3v) is 0.860. The van der Waals surface area contributed by atoms with Gasteiger partial charge in [-0.1, -0.05) is 0 Å². The molecule has 9 heteroatoms. The van der Waals surface area contributed by atoms with Crippen molar-refractivity contribution in [2.75, 3.05) is 6.54 Å². The molecule has 5 N–H and O–H groups in total. The summed E-state index contributed by atoms with van der Waals surface area (Å²) in [6, 6.07) is 0. The first-order valence-electron chi connectivity index (χ1n) is 2.63. The molecule has 68 valence electrons. The van der Waals surface area contributed by atoms with Crippen molar-refractivity contribution in [3.63, 3.8) is 0 Å². The fraction of sp³-hybridized carbons (Fsp3) is 0.333. The summed E-state index contributed by atoms with van der Waals surface area (Å²) in [5, 5.41) is 8.10. The Morgan fingerprint density at radius 1 is 1.75 bits per heavy atom. The number of nitrogens with two attached hydrogens (primary N) is 1. The summed E-state index contributed by atoms with van der Waals surface area (Å²) in [7, 11) is -2.83. The molecule has 0 aliphatic rings. The van der Waals surface area contributed by atoms with Gasteiger partial charge < -0.3 is 10.8 Å². The summed E-state index contributed by atoms with van der Waals surface area (Å²) in [6.45, 7) is -0.537. The van der Waals surface area contributed by atoms with Crippen molar-refractivity contribution in [1.82, 2.24) is 5.48 Å². The number of aliphatic imine (C=N–C) groups is 1. The van der Waals surface area contributed by atoms with Crippen LogP contribution < -0.4 is 11.2 Å². The van der Waals surface area contributed by atoms with Crippen molar-refractivity contribution >= 4 is 20.2 Å². The first kappa shape index (κ1) is 10.8. The summed E-state index contributed by atoms with van der Waals surface area (Å²) >= 11 is 0. The Morgan fingerprint density at radius 2 is 2.33 bits per heavy atom. The smallest absolute Gasteiger partial charge is 0.480 e. The highest BCUT2D eigenvalue weighted by Crippen LogP contribution is 2.10. The maximum Gasteiger partial charge on any atom is 0.719 e. The van der Waals surface area contributed by atoms with Crippen molar-refractivity contribution in [1.29, 1.82) is 0 Å². The number of hydrogen-bond acceptors (Lipinski definition) is 4. The van der Waals surface area contributed by atoms with E-state index in [0.717, 1.165) is 0 Å². The molecule has 0 rings (SSSR count). The van der Waals surface area contributed by atoms with Crippen molar-refractivity contribution in [3.8, 4) is 0 Å². The lowest BCUT2D eigenvalue weighted by atomic mass is 10.7. The number of nitrogens with zero attached hydrogens (tertiary/aromatic N) is 1. The SMILES string of the molecule is NC(=NCC(=O)O)NO[P+](=O)O. The molecule has 0 aromatic carbocycles. The van der Waals surface area contributed by atoms with E-state index in [2.05, 4.69) is 9.62 Å². The highest BCUT2D eigenvalue weighted by atomic mass is 31.1. The van der Waals surface area contributed by atoms with Gasteiger partial charge in [0.1, 0.15) is 6.54 Å². The van der Waals surface area contributed by atoms with Crippen LogP contribution in [-0.2, 0) is 14.0 Å². The van der Waals surface area contributed by atoms with Crippen LogP contribution in [0, 0.1) is 0 Å². The third-order valence-electron chi connectivity index (χ3n) is 0.613. The van der Waals surface area contributed by atoms with E-state index in [1.165, 1.54) is 0 Å². The van der Waals surface area contributed by atoms with Crippen molar-refractivity contribution in [3.05, 3.63) is 0 Å². The van der Waals surface area contributed by atoms with Gasteiger partial charge >= 0.3 is 14.2 Å². The van der Waals surface area contributed by atoms with E-state index in [1.54, 1.807) is 5.48 Å². The fourth-order valence-electron chi connectivity index (χ4n) is 0.271. The Balaban J connectivity index is 3.70. The quantitative estimate of drug-likeness (QED) is 0.187. The number of carbonyl (C=O) groups is 1. The predicted molar refractivity (Wildman–Crippen MR) is 38.2 cm³/mol. The summed E-state index contributed by atoms with van der Waals surface area (Å²) in [6.07, 6.45) is 0. The molecule has 0 radical (unpaired) electrons. The average Bonchev–Trinajstić information content (AvgIpc) is 1.96. The van der Waals surface area contributed by atoms with Crippen LogP contribution in [0.5, 0.6) is 0 Å². The molecule has 0 amide bonds. The van der Waals surface area contributed by atoms with E-state index in [4.69, 9.17) is 15.7 Å². The van der Waals surface area contributed by atoms with Gasteiger partial charge in [-0.25, -0.2) is 4.99 Å². The molecule has 1 atom stereocenters. The number of hydroxylamine groups is 1. The second-order valence-corrected chi connectivity index (χ2v) is 2.18. The Morgan fingerprint density at radius 3 is 2.75 bits per heavy atom. The maximum atomic E-state index is 9.90. The van der Waals surface area contributed by atoms with Gasteiger partial charge in [-0.15, -0.1) is 4.89 Å². The molecular formula is C3H7N3O5P+. The average molecular weight is 196 g/mol. The first-order chi connectivity index (χ1) is 5.52. The summed E-state index contributed by atoms with van der Waals surface area (Å²) in [4.78, 5) is 21.2. The van der Waals surface area contributed by atoms with E-state index in [-0.39, 0.29) is 5.96 Å². The maximum absolute atomic E-state index is 9.90. The van der Waals surface area contributed by atoms with Gasteiger partial charge in [-0.3, -0.25) is 4.79 Å². The van der Waals surface area contributed by atoms with Gasteiger partial charge in [0.25, 0.3) is 0 Å². The summed E-state index contributed by atoms with van der Waals surface area (Å²) < 4.78 is 13.8. The highest BCUT2D eigenvalue weighted by molar-refractivity contribution is 7.32. The zero-order valence-electron chi connectivity index (χ0n) is 5.80. The second kappa shape index (κ2) is 5.42. The van der Waals surface area contributed by atoms with E-state index in [0.29, 0.717) is 0 Å². The van der Waals surface area contributed by atoms with Crippen LogP contribution in [0.15, 0.2) is 4.99 Å². The number of nitrogens with one attached hydrogen (secondary N) is 1. The normalized spacial score (nSPS) is 12.4. The summed E-state index contributed by atoms with van der Waals surface area (Å²) in [5.41, 5.74) is 6.75. The van der Waals surface area contributed by atoms with Gasteiger partial charge in [0.05, 0.1) is 0 Å². The molecule has 12 heavy (non-hydrogen) atoms. The van der Waals surface area contributed by atoms with Crippen molar-refractivity contribution in [2.24, 2.45) is 10.7 Å². The molecule has 0 aromatic rings. The molecule has 8 nitrogen and oxygen atoms in total. The number of carboxylic acid groups (broad SMARTS) is 1. The first-order valence-corrected chi connectivity index (χ1v) is 3.76. The van der Waals surface area contributed by atoms with Gasteiger partial charge in [0.15, 0.2) is 0 Å². The minimum Gasteiger partial charge on any atom is -0.480 e. The molecule has 0 saturated carbocycles. The molecule has 0 aliphatic carbocycles. The number of hydrogen-bond donors (Lipinski definition) is 4. The van der Waals surface area contributed by atoms with E-state index in [9.17, 15) is 9.36 Å². The van der Waals surface area contributed by atoms with Crippen LogP contribution >= 0.6 is 8.25 Å². The molecule has 0 bridgehead atoms. The zero-order valence-corrected chi connectivity index (χ0v) is 6.69. The molecule has 0 aromatic heterocycles. The van der Waals surface area contributed by atoms with E-state index < -0.39 is 20.8 Å². The molecule has 1 unspecified atom stereocenters. The molecule has 0 fully saturated rings. The Hall–Kier alpha value is -1.24. The van der Waals surface area contributed by atoms with Crippen LogP contribution in [0.1, 0.15) is 0 Å². The summed E-state index contributed by atoms with van der Waals surface area (Å²) in [5.74, 6) is -1.55. The molecule has 0 spiro atoms. The second-order valence-electron chi connectivity index (χ2n) is 1.53. The lowest BCUT2D eigenvalue weighted by molar-refractivity contribution is -0.135. The van der Waals surface area contributed by atoms with Gasteiger partial charge in [0.2, 0.25) is 5.96 Å². The molecule has 0 saturated heterocycles. The number of rotatable bonds is 4. The largest absolute Gasteiger partial charge is 0.719 e. The standard InChI is InChI=1S/C3H6N3O5P/c4-3(5-1-2(7)8)6-11-12(9)10/h1H2,(H4-,4,5,6,7,8,9,10)/p+1. The third kappa shape index (κ3) is 6.87. The van der Waals surface area contributed by atoms with Crippen LogP contribution in [0.25, 0.3) is 0 Å². The van der Waals surface area contributed by atoms with Crippen LogP contribution in [0.4, 0.5) is 0 Å². The Labute approximate surface area is 67.9 Å². The molecule has 0 aliphatic heterocycles. The Kier molecular flexibility index (Phi) is 4.86. The molecular weight excluding hydrogens is 189 g/mol. The van der Waals surface area contributed by atoms with Crippen LogP contribution in [0.3, 0.4) is 0 Å². The minimum atomic E-state index is -2.83. The fourth-order valence-corrected chi connectivity index (χ4v) is 0.443. The number of guanidine groups is 1. The van der Waals surface area contributed by atoms with Crippen LogP contribution in [0.2, 0.25) is 0 Å². The lowest BCUT2D eigenvalue weighted by Crippen LogP contribution is -2.30.